The lowest BCUT2D eigenvalue weighted by molar-refractivity contribution is 0.0546. The summed E-state index contributed by atoms with van der Waals surface area (Å²) in [6.45, 7) is 1.74. The van der Waals surface area contributed by atoms with Gasteiger partial charge in [-0.25, -0.2) is 0 Å². The molecule has 88 valence electrons. The van der Waals surface area contributed by atoms with Crippen LogP contribution >= 0.6 is 15.9 Å². The first-order valence-electron chi connectivity index (χ1n) is 5.43. The second kappa shape index (κ2) is 5.59. The molecule has 0 bridgehead atoms. The molecular formula is C11H15BrN2O2. The average molecular weight is 287 g/mol. The van der Waals surface area contributed by atoms with Crippen molar-refractivity contribution in [3.05, 3.63) is 16.2 Å². The minimum Gasteiger partial charge on any atom is -0.479 e. The Hall–Kier alpha value is -0.680. The van der Waals surface area contributed by atoms with E-state index in [1.54, 1.807) is 7.11 Å². The van der Waals surface area contributed by atoms with Crippen LogP contribution in [0.4, 0.5) is 0 Å². The molecule has 1 aromatic rings. The van der Waals surface area contributed by atoms with Crippen LogP contribution in [0.5, 0.6) is 5.88 Å². The number of methoxy groups -OCH3 is 1. The molecule has 5 heteroatoms. The van der Waals surface area contributed by atoms with E-state index in [0.29, 0.717) is 11.8 Å². The van der Waals surface area contributed by atoms with Gasteiger partial charge in [-0.05, 0) is 47.2 Å². The Kier molecular flexibility index (Phi) is 4.12. The van der Waals surface area contributed by atoms with Crippen LogP contribution < -0.4 is 4.74 Å². The SMILES string of the molecule is COc1nnc(CC2CCCOC2)cc1Br. The number of rotatable bonds is 3. The van der Waals surface area contributed by atoms with Gasteiger partial charge in [0.05, 0.1) is 17.3 Å². The zero-order valence-corrected chi connectivity index (χ0v) is 10.9. The fourth-order valence-corrected chi connectivity index (χ4v) is 2.40. The first-order valence-corrected chi connectivity index (χ1v) is 6.22. The highest BCUT2D eigenvalue weighted by atomic mass is 79.9. The Balaban J connectivity index is 2.01. The maximum atomic E-state index is 5.44. The van der Waals surface area contributed by atoms with Crippen LogP contribution in [0.25, 0.3) is 0 Å². The summed E-state index contributed by atoms with van der Waals surface area (Å²) < 4.78 is 11.3. The van der Waals surface area contributed by atoms with Crippen molar-refractivity contribution in [2.24, 2.45) is 5.92 Å². The Morgan fingerprint density at radius 3 is 3.06 bits per heavy atom. The standard InChI is InChI=1S/C11H15BrN2O2/c1-15-11-10(12)6-9(13-14-11)5-8-3-2-4-16-7-8/h6,8H,2-5,7H2,1H3. The van der Waals surface area contributed by atoms with Crippen molar-refractivity contribution in [1.82, 2.24) is 10.2 Å². The molecule has 1 unspecified atom stereocenters. The van der Waals surface area contributed by atoms with Crippen LogP contribution in [-0.2, 0) is 11.2 Å². The van der Waals surface area contributed by atoms with Crippen molar-refractivity contribution in [1.29, 1.82) is 0 Å². The monoisotopic (exact) mass is 286 g/mol. The summed E-state index contributed by atoms with van der Waals surface area (Å²) in [7, 11) is 1.59. The third kappa shape index (κ3) is 2.92. The second-order valence-corrected chi connectivity index (χ2v) is 4.83. The fraction of sp³-hybridized carbons (Fsp3) is 0.636. The van der Waals surface area contributed by atoms with Gasteiger partial charge in [0.1, 0.15) is 0 Å². The molecule has 1 aromatic heterocycles. The van der Waals surface area contributed by atoms with Gasteiger partial charge in [-0.3, -0.25) is 0 Å². The van der Waals surface area contributed by atoms with Crippen molar-refractivity contribution in [3.63, 3.8) is 0 Å². The van der Waals surface area contributed by atoms with Crippen molar-refractivity contribution in [2.45, 2.75) is 19.3 Å². The lowest BCUT2D eigenvalue weighted by Gasteiger charge is -2.21. The Morgan fingerprint density at radius 2 is 2.44 bits per heavy atom. The number of halogens is 1. The van der Waals surface area contributed by atoms with Gasteiger partial charge in [0.25, 0.3) is 0 Å². The van der Waals surface area contributed by atoms with Crippen LogP contribution in [0.15, 0.2) is 10.5 Å². The van der Waals surface area contributed by atoms with E-state index in [2.05, 4.69) is 26.1 Å². The molecule has 1 aliphatic rings. The fourth-order valence-electron chi connectivity index (χ4n) is 1.90. The molecule has 0 aromatic carbocycles. The highest BCUT2D eigenvalue weighted by molar-refractivity contribution is 9.10. The Bertz CT molecular complexity index is 354. The molecule has 0 radical (unpaired) electrons. The molecule has 2 rings (SSSR count). The minimum atomic E-state index is 0.531. The summed E-state index contributed by atoms with van der Waals surface area (Å²) in [5.41, 5.74) is 0.989. The smallest absolute Gasteiger partial charge is 0.247 e. The quantitative estimate of drug-likeness (QED) is 0.855. The zero-order chi connectivity index (χ0) is 11.4. The van der Waals surface area contributed by atoms with Crippen molar-refractivity contribution >= 4 is 15.9 Å². The van der Waals surface area contributed by atoms with Gasteiger partial charge in [-0.15, -0.1) is 5.10 Å². The predicted octanol–water partition coefficient (Wildman–Crippen LogP) is 2.22. The third-order valence-corrected chi connectivity index (χ3v) is 3.28. The first kappa shape index (κ1) is 11.8. The maximum absolute atomic E-state index is 5.44. The molecule has 0 aliphatic carbocycles. The summed E-state index contributed by atoms with van der Waals surface area (Å²) in [6, 6.07) is 1.97. The predicted molar refractivity (Wildman–Crippen MR) is 63.5 cm³/mol. The van der Waals surface area contributed by atoms with Gasteiger partial charge >= 0.3 is 0 Å². The van der Waals surface area contributed by atoms with E-state index >= 15 is 0 Å². The molecule has 16 heavy (non-hydrogen) atoms. The molecule has 1 saturated heterocycles. The lowest BCUT2D eigenvalue weighted by Crippen LogP contribution is -2.19. The molecule has 1 atom stereocenters. The van der Waals surface area contributed by atoms with Gasteiger partial charge in [0.15, 0.2) is 0 Å². The summed E-state index contributed by atoms with van der Waals surface area (Å²) in [4.78, 5) is 0. The topological polar surface area (TPSA) is 44.2 Å². The maximum Gasteiger partial charge on any atom is 0.247 e. The van der Waals surface area contributed by atoms with Crippen molar-refractivity contribution in [2.75, 3.05) is 20.3 Å². The molecule has 4 nitrogen and oxygen atoms in total. The molecule has 1 fully saturated rings. The number of ether oxygens (including phenoxy) is 2. The number of nitrogens with zero attached hydrogens (tertiary/aromatic N) is 2. The van der Waals surface area contributed by atoms with Gasteiger partial charge in [0, 0.05) is 13.2 Å². The normalized spacial score (nSPS) is 20.8. The van der Waals surface area contributed by atoms with Crippen LogP contribution in [0.3, 0.4) is 0 Å². The zero-order valence-electron chi connectivity index (χ0n) is 9.28. The molecule has 0 amide bonds. The van der Waals surface area contributed by atoms with E-state index in [-0.39, 0.29) is 0 Å². The molecular weight excluding hydrogens is 272 g/mol. The summed E-state index contributed by atoms with van der Waals surface area (Å²) in [6.07, 6.45) is 3.29. The van der Waals surface area contributed by atoms with E-state index in [4.69, 9.17) is 9.47 Å². The largest absolute Gasteiger partial charge is 0.479 e. The van der Waals surface area contributed by atoms with Crippen molar-refractivity contribution in [3.8, 4) is 5.88 Å². The summed E-state index contributed by atoms with van der Waals surface area (Å²) in [5.74, 6) is 1.10. The third-order valence-electron chi connectivity index (χ3n) is 2.71. The average Bonchev–Trinajstić information content (AvgIpc) is 2.31. The molecule has 0 N–H and O–H groups in total. The van der Waals surface area contributed by atoms with E-state index in [9.17, 15) is 0 Å². The number of hydrogen-bond acceptors (Lipinski definition) is 4. The highest BCUT2D eigenvalue weighted by Gasteiger charge is 2.16. The first-order chi connectivity index (χ1) is 7.79. The van der Waals surface area contributed by atoms with E-state index < -0.39 is 0 Å². The summed E-state index contributed by atoms with van der Waals surface area (Å²) in [5, 5.41) is 8.15. The van der Waals surface area contributed by atoms with Crippen LogP contribution in [0.1, 0.15) is 18.5 Å². The summed E-state index contributed by atoms with van der Waals surface area (Å²) >= 11 is 3.41. The second-order valence-electron chi connectivity index (χ2n) is 3.98. The molecule has 0 spiro atoms. The van der Waals surface area contributed by atoms with Crippen LogP contribution in [0.2, 0.25) is 0 Å². The van der Waals surface area contributed by atoms with E-state index in [1.807, 2.05) is 6.07 Å². The van der Waals surface area contributed by atoms with Crippen LogP contribution in [0, 0.1) is 5.92 Å². The van der Waals surface area contributed by atoms with Gasteiger partial charge in [0.2, 0.25) is 5.88 Å². The van der Waals surface area contributed by atoms with E-state index in [0.717, 1.165) is 36.2 Å². The van der Waals surface area contributed by atoms with E-state index in [1.165, 1.54) is 6.42 Å². The van der Waals surface area contributed by atoms with Gasteiger partial charge in [-0.2, -0.15) is 5.10 Å². The van der Waals surface area contributed by atoms with Crippen molar-refractivity contribution < 1.29 is 9.47 Å². The molecule has 1 aliphatic heterocycles. The number of aromatic nitrogens is 2. The van der Waals surface area contributed by atoms with Gasteiger partial charge in [-0.1, -0.05) is 0 Å². The molecule has 2 heterocycles. The highest BCUT2D eigenvalue weighted by Crippen LogP contribution is 2.24. The Morgan fingerprint density at radius 1 is 1.56 bits per heavy atom. The lowest BCUT2D eigenvalue weighted by atomic mass is 9.97. The number of hydrogen-bond donors (Lipinski definition) is 0. The van der Waals surface area contributed by atoms with Crippen LogP contribution in [-0.4, -0.2) is 30.5 Å². The Labute approximate surface area is 103 Å². The van der Waals surface area contributed by atoms with Gasteiger partial charge < -0.3 is 9.47 Å². The minimum absolute atomic E-state index is 0.531. The molecule has 0 saturated carbocycles.